The fourth-order valence-corrected chi connectivity index (χ4v) is 1.83. The molecule has 0 unspecified atom stereocenters. The molecule has 21 heavy (non-hydrogen) atoms. The molecule has 1 N–H and O–H groups in total. The first-order chi connectivity index (χ1) is 10.3. The van der Waals surface area contributed by atoms with Crippen molar-refractivity contribution in [2.24, 2.45) is 0 Å². The van der Waals surface area contributed by atoms with E-state index in [1.165, 1.54) is 5.54 Å². The molecule has 0 aromatic heterocycles. The Morgan fingerprint density at radius 3 is 2.33 bits per heavy atom. The van der Waals surface area contributed by atoms with Crippen molar-refractivity contribution in [1.29, 1.82) is 0 Å². The molecule has 0 aliphatic rings. The maximum Gasteiger partial charge on any atom is 0.203 e. The van der Waals surface area contributed by atoms with Gasteiger partial charge in [-0.1, -0.05) is 11.6 Å². The van der Waals surface area contributed by atoms with E-state index in [1.54, 1.807) is 27.4 Å². The van der Waals surface area contributed by atoms with Gasteiger partial charge >= 0.3 is 0 Å². The molecule has 1 aromatic rings. The zero-order valence-electron chi connectivity index (χ0n) is 12.6. The Morgan fingerprint density at radius 1 is 1.14 bits per heavy atom. The molecule has 6 heteroatoms. The topological polar surface area (TPSA) is 49.0 Å². The van der Waals surface area contributed by atoms with Crippen LogP contribution in [0.4, 0.5) is 0 Å². The van der Waals surface area contributed by atoms with Crippen molar-refractivity contribution in [2.75, 3.05) is 41.1 Å². The average molecular weight is 316 g/mol. The van der Waals surface area contributed by atoms with E-state index in [0.29, 0.717) is 37.0 Å². The molecule has 5 nitrogen and oxygen atoms in total. The normalized spacial score (nSPS) is 10.9. The summed E-state index contributed by atoms with van der Waals surface area (Å²) in [7, 11) is 4.87. The van der Waals surface area contributed by atoms with Crippen LogP contribution in [0.25, 0.3) is 0 Å². The molecule has 118 valence electrons. The summed E-state index contributed by atoms with van der Waals surface area (Å²) in [6.07, 6.45) is 1.70. The van der Waals surface area contributed by atoms with Crippen molar-refractivity contribution >= 4 is 11.6 Å². The van der Waals surface area contributed by atoms with Crippen molar-refractivity contribution in [3.05, 3.63) is 29.3 Å². The Kier molecular flexibility index (Phi) is 8.66. The van der Waals surface area contributed by atoms with Gasteiger partial charge in [-0.15, -0.1) is 0 Å². The van der Waals surface area contributed by atoms with Gasteiger partial charge in [-0.05, 0) is 23.8 Å². The first-order valence-corrected chi connectivity index (χ1v) is 7.03. The van der Waals surface area contributed by atoms with E-state index < -0.39 is 0 Å². The molecular weight excluding hydrogens is 294 g/mol. The lowest BCUT2D eigenvalue weighted by Gasteiger charge is -2.15. The smallest absolute Gasteiger partial charge is 0.203 e. The Morgan fingerprint density at radius 2 is 1.81 bits per heavy atom. The largest absolute Gasteiger partial charge is 0.493 e. The lowest BCUT2D eigenvalue weighted by molar-refractivity contribution is 0.199. The highest BCUT2D eigenvalue weighted by atomic mass is 35.5. The molecule has 0 aliphatic carbocycles. The summed E-state index contributed by atoms with van der Waals surface area (Å²) in [5.41, 5.74) is 2.45. The van der Waals surface area contributed by atoms with Gasteiger partial charge < -0.3 is 24.3 Å². The fourth-order valence-electron chi connectivity index (χ4n) is 1.75. The van der Waals surface area contributed by atoms with E-state index >= 15 is 0 Å². The van der Waals surface area contributed by atoms with E-state index in [9.17, 15) is 0 Å². The summed E-state index contributed by atoms with van der Waals surface area (Å²) >= 11 is 5.48. The van der Waals surface area contributed by atoms with Crippen LogP contribution in [0, 0.1) is 0 Å². The second kappa shape index (κ2) is 10.3. The summed E-state index contributed by atoms with van der Waals surface area (Å²) in [6, 6.07) is 3.84. The van der Waals surface area contributed by atoms with Gasteiger partial charge in [0.15, 0.2) is 11.5 Å². The van der Waals surface area contributed by atoms with E-state index in [1.807, 2.05) is 12.1 Å². The number of rotatable bonds is 10. The van der Waals surface area contributed by atoms with E-state index in [4.69, 9.17) is 30.5 Å². The number of nitrogens with one attached hydrogen (secondary N) is 1. The summed E-state index contributed by atoms with van der Waals surface area (Å²) in [4.78, 5) is 0. The fraction of sp³-hybridized carbons (Fsp3) is 0.467. The van der Waals surface area contributed by atoms with Crippen LogP contribution >= 0.6 is 11.6 Å². The van der Waals surface area contributed by atoms with Gasteiger partial charge in [-0.2, -0.15) is 0 Å². The summed E-state index contributed by atoms with van der Waals surface area (Å²) < 4.78 is 21.4. The van der Waals surface area contributed by atoms with Crippen LogP contribution in [0.1, 0.15) is 5.56 Å². The quantitative estimate of drug-likeness (QED) is 0.673. The Hall–Kier alpha value is -1.43. The second-order valence-electron chi connectivity index (χ2n) is 4.17. The van der Waals surface area contributed by atoms with Crippen molar-refractivity contribution < 1.29 is 18.9 Å². The molecule has 0 atom stereocenters. The minimum atomic E-state index is 0.349. The van der Waals surface area contributed by atoms with Gasteiger partial charge in [-0.25, -0.2) is 0 Å². The zero-order valence-corrected chi connectivity index (χ0v) is 13.4. The summed E-state index contributed by atoms with van der Waals surface area (Å²) in [5.74, 6) is 1.82. The lowest BCUT2D eigenvalue weighted by atomic mass is 10.1. The van der Waals surface area contributed by atoms with Gasteiger partial charge in [-0.3, -0.25) is 0 Å². The van der Waals surface area contributed by atoms with E-state index in [0.717, 1.165) is 12.1 Å². The van der Waals surface area contributed by atoms with Crippen LogP contribution < -0.4 is 19.5 Å². The maximum absolute atomic E-state index is 5.63. The highest BCUT2D eigenvalue weighted by Gasteiger charge is 2.13. The summed E-state index contributed by atoms with van der Waals surface area (Å²) in [6.45, 7) is 2.49. The number of hydrogen-bond acceptors (Lipinski definition) is 5. The molecule has 0 aliphatic heterocycles. The first kappa shape index (κ1) is 17.6. The standard InChI is InChI=1S/C15H22ClNO4/c1-18-8-6-17-11-12-9-13(19-2)15(14(10-12)20-3)21-7-4-5-16/h4-5,9-10,17H,6-8,11H2,1-3H3. The highest BCUT2D eigenvalue weighted by molar-refractivity contribution is 6.25. The minimum absolute atomic E-state index is 0.349. The molecule has 0 spiro atoms. The highest BCUT2D eigenvalue weighted by Crippen LogP contribution is 2.38. The number of hydrogen-bond donors (Lipinski definition) is 1. The SMILES string of the molecule is COCCNCc1cc(OC)c(OCC=CCl)c(OC)c1. The van der Waals surface area contributed by atoms with Crippen molar-refractivity contribution in [3.8, 4) is 17.2 Å². The van der Waals surface area contributed by atoms with Crippen LogP contribution in [-0.4, -0.2) is 41.1 Å². The predicted octanol–water partition coefficient (Wildman–Crippen LogP) is 2.57. The molecule has 0 fully saturated rings. The Balaban J connectivity index is 2.83. The van der Waals surface area contributed by atoms with Gasteiger partial charge in [0.05, 0.1) is 20.8 Å². The Labute approximate surface area is 130 Å². The maximum atomic E-state index is 5.63. The zero-order chi connectivity index (χ0) is 15.5. The average Bonchev–Trinajstić information content (AvgIpc) is 2.52. The molecule has 0 amide bonds. The molecule has 0 saturated heterocycles. The van der Waals surface area contributed by atoms with E-state index in [-0.39, 0.29) is 0 Å². The van der Waals surface area contributed by atoms with Crippen molar-refractivity contribution in [2.45, 2.75) is 6.54 Å². The van der Waals surface area contributed by atoms with Gasteiger partial charge in [0.25, 0.3) is 0 Å². The number of halogens is 1. The van der Waals surface area contributed by atoms with Crippen LogP contribution in [-0.2, 0) is 11.3 Å². The van der Waals surface area contributed by atoms with Gasteiger partial charge in [0.2, 0.25) is 5.75 Å². The molecule has 1 rings (SSSR count). The Bertz CT molecular complexity index is 426. The molecule has 1 aromatic carbocycles. The third-order valence-corrected chi connectivity index (χ3v) is 2.92. The number of ether oxygens (including phenoxy) is 4. The minimum Gasteiger partial charge on any atom is -0.493 e. The van der Waals surface area contributed by atoms with Crippen molar-refractivity contribution in [3.63, 3.8) is 0 Å². The second-order valence-corrected chi connectivity index (χ2v) is 4.42. The molecule has 0 saturated carbocycles. The molecule has 0 radical (unpaired) electrons. The van der Waals surface area contributed by atoms with Crippen molar-refractivity contribution in [1.82, 2.24) is 5.32 Å². The lowest BCUT2D eigenvalue weighted by Crippen LogP contribution is -2.18. The first-order valence-electron chi connectivity index (χ1n) is 6.59. The van der Waals surface area contributed by atoms with Crippen LogP contribution in [0.15, 0.2) is 23.7 Å². The molecular formula is C15H22ClNO4. The van der Waals surface area contributed by atoms with Gasteiger partial charge in [0, 0.05) is 25.7 Å². The number of methoxy groups -OCH3 is 3. The predicted molar refractivity (Wildman–Crippen MR) is 83.6 cm³/mol. The van der Waals surface area contributed by atoms with Crippen LogP contribution in [0.3, 0.4) is 0 Å². The third kappa shape index (κ3) is 5.83. The monoisotopic (exact) mass is 315 g/mol. The third-order valence-electron chi connectivity index (χ3n) is 2.75. The number of benzene rings is 1. The van der Waals surface area contributed by atoms with E-state index in [2.05, 4.69) is 5.32 Å². The van der Waals surface area contributed by atoms with Gasteiger partial charge in [0.1, 0.15) is 6.61 Å². The summed E-state index contributed by atoms with van der Waals surface area (Å²) in [5, 5.41) is 3.27. The van der Waals surface area contributed by atoms with Crippen LogP contribution in [0.5, 0.6) is 17.2 Å². The van der Waals surface area contributed by atoms with Crippen LogP contribution in [0.2, 0.25) is 0 Å². The molecule has 0 heterocycles. The molecule has 0 bridgehead atoms.